The quantitative estimate of drug-likeness (QED) is 0.331. The Hall–Kier alpha value is -3.07. The van der Waals surface area contributed by atoms with Crippen LogP contribution in [0.5, 0.6) is 0 Å². The van der Waals surface area contributed by atoms with E-state index in [1.165, 1.54) is 0 Å². The Balaban J connectivity index is 1.22. The van der Waals surface area contributed by atoms with Crippen molar-refractivity contribution in [1.82, 2.24) is 15.0 Å². The number of quaternary nitrogens is 1. The third kappa shape index (κ3) is 2.43. The Kier molecular flexibility index (Phi) is 3.88. The molecule has 5 aliphatic rings. The summed E-state index contributed by atoms with van der Waals surface area (Å²) in [6, 6.07) is 13.3. The highest BCUT2D eigenvalue weighted by Gasteiger charge is 2.93. The maximum Gasteiger partial charge on any atom is 0.228 e. The molecule has 0 radical (unpaired) electrons. The van der Waals surface area contributed by atoms with E-state index in [4.69, 9.17) is 21.6 Å². The van der Waals surface area contributed by atoms with Crippen molar-refractivity contribution >= 4 is 45.0 Å². The molecule has 0 aliphatic carbocycles. The Morgan fingerprint density at radius 3 is 2.65 bits per heavy atom. The maximum atomic E-state index is 16.4. The van der Waals surface area contributed by atoms with Crippen molar-refractivity contribution in [3.05, 3.63) is 53.4 Å². The molecule has 0 bridgehead atoms. The summed E-state index contributed by atoms with van der Waals surface area (Å²) in [7, 11) is 0. The van der Waals surface area contributed by atoms with Crippen LogP contribution in [0.2, 0.25) is 5.02 Å². The lowest BCUT2D eigenvalue weighted by Gasteiger charge is -2.55. The summed E-state index contributed by atoms with van der Waals surface area (Å²) in [5.41, 5.74) is 1.20. The first-order chi connectivity index (χ1) is 18.1. The van der Waals surface area contributed by atoms with Gasteiger partial charge < -0.3 is 14.9 Å². The molecule has 7 nitrogen and oxygen atoms in total. The molecule has 3 unspecified atom stereocenters. The molecule has 5 fully saturated rings. The number of nitrogens with zero attached hydrogens (tertiary/aromatic N) is 6. The second-order valence-corrected chi connectivity index (χ2v) is 11.7. The molecule has 0 saturated carbocycles. The molecule has 5 aliphatic heterocycles. The van der Waals surface area contributed by atoms with Crippen molar-refractivity contribution in [1.29, 1.82) is 0 Å². The van der Waals surface area contributed by atoms with Gasteiger partial charge in [0.05, 0.1) is 24.9 Å². The highest BCUT2D eigenvalue weighted by atomic mass is 35.5. The molecule has 4 aromatic rings. The van der Waals surface area contributed by atoms with Crippen LogP contribution in [0.3, 0.4) is 0 Å². The largest absolute Gasteiger partial charge is 0.381 e. The van der Waals surface area contributed by atoms with Gasteiger partial charge in [0.2, 0.25) is 5.95 Å². The number of aliphatic hydroxyl groups excluding tert-OH is 1. The van der Waals surface area contributed by atoms with Crippen molar-refractivity contribution in [2.75, 3.05) is 36.0 Å². The fraction of sp³-hybridized carbons (Fsp3) is 0.393. The van der Waals surface area contributed by atoms with Crippen LogP contribution >= 0.6 is 11.6 Å². The number of aromatic nitrogens is 3. The number of pyridine rings is 1. The summed E-state index contributed by atoms with van der Waals surface area (Å²) in [6.45, 7) is 3.36. The first-order valence-electron chi connectivity index (χ1n) is 13.2. The van der Waals surface area contributed by atoms with Gasteiger partial charge in [-0.1, -0.05) is 41.9 Å². The standard InChI is InChI=1S/C28H25ClFN6O/c29-18-7-2-5-14-4-1-6-16(21(14)18)23-22(30)24-17(11-31-23)27(33-28(32-24)34-8-3-9-34)35-12-15-10-19-25-26(37)20(13-35)36(15,19)25/h1-2,4-7,11,15,19-20,25-26,37H,3,8-10,12-13H2/q+1/t15-,19?,20?,25?,26+,36+/m1/s1. The highest BCUT2D eigenvalue weighted by molar-refractivity contribution is 6.36. The van der Waals surface area contributed by atoms with Gasteiger partial charge in [0.25, 0.3) is 0 Å². The summed E-state index contributed by atoms with van der Waals surface area (Å²) in [4.78, 5) is 18.7. The number of halogens is 2. The van der Waals surface area contributed by atoms with Gasteiger partial charge in [-0.15, -0.1) is 0 Å². The highest BCUT2D eigenvalue weighted by Crippen LogP contribution is 2.69. The van der Waals surface area contributed by atoms with E-state index >= 15 is 4.39 Å². The van der Waals surface area contributed by atoms with Crippen LogP contribution in [-0.2, 0) is 0 Å². The maximum absolute atomic E-state index is 16.4. The van der Waals surface area contributed by atoms with Crippen molar-refractivity contribution in [2.45, 2.75) is 43.1 Å². The molecule has 1 spiro atoms. The zero-order chi connectivity index (χ0) is 24.6. The van der Waals surface area contributed by atoms with Gasteiger partial charge >= 0.3 is 0 Å². The fourth-order valence-electron chi connectivity index (χ4n) is 8.05. The number of rotatable bonds is 3. The monoisotopic (exact) mass is 515 g/mol. The lowest BCUT2D eigenvalue weighted by molar-refractivity contribution is -0.949. The van der Waals surface area contributed by atoms with Gasteiger partial charge in [-0.3, -0.25) is 9.47 Å². The molecule has 186 valence electrons. The minimum Gasteiger partial charge on any atom is -0.381 e. The van der Waals surface area contributed by atoms with E-state index < -0.39 is 5.82 Å². The van der Waals surface area contributed by atoms with Crippen molar-refractivity contribution in [2.24, 2.45) is 0 Å². The minimum atomic E-state index is -0.450. The van der Waals surface area contributed by atoms with Crippen LogP contribution in [0, 0.1) is 5.82 Å². The number of hydrogen-bond donors (Lipinski definition) is 1. The molecule has 1 N–H and O–H groups in total. The molecule has 9 rings (SSSR count). The van der Waals surface area contributed by atoms with Gasteiger partial charge in [-0.2, -0.15) is 4.98 Å². The summed E-state index contributed by atoms with van der Waals surface area (Å²) in [5, 5.41) is 13.7. The van der Waals surface area contributed by atoms with E-state index in [1.807, 2.05) is 36.4 Å². The van der Waals surface area contributed by atoms with Crippen LogP contribution in [-0.4, -0.2) is 81.0 Å². The van der Waals surface area contributed by atoms with Crippen molar-refractivity contribution in [3.63, 3.8) is 0 Å². The molecule has 2 aromatic heterocycles. The SMILES string of the molecule is O[C@H]1C2CN(c3nc(N4CCC4)nc4c(F)c(-c5cccc6cccc(Cl)c56)ncc34)C[C@H]3CC4C1[N@@+]423. The third-order valence-corrected chi connectivity index (χ3v) is 10.2. The Morgan fingerprint density at radius 1 is 1.03 bits per heavy atom. The topological polar surface area (TPSA) is 65.4 Å². The van der Waals surface area contributed by atoms with Crippen molar-refractivity contribution in [3.8, 4) is 11.3 Å². The number of fused-ring (bicyclic) bond motifs is 3. The van der Waals surface area contributed by atoms with Gasteiger partial charge in [0, 0.05) is 35.3 Å². The molecule has 5 saturated heterocycles. The molecule has 7 heterocycles. The molecule has 2 aromatic carbocycles. The van der Waals surface area contributed by atoms with Crippen molar-refractivity contribution < 1.29 is 14.0 Å². The Morgan fingerprint density at radius 2 is 1.86 bits per heavy atom. The first-order valence-corrected chi connectivity index (χ1v) is 13.5. The number of anilines is 2. The van der Waals surface area contributed by atoms with E-state index in [9.17, 15) is 5.11 Å². The molecule has 6 atom stereocenters. The first kappa shape index (κ1) is 20.9. The number of aliphatic hydroxyl groups is 1. The van der Waals surface area contributed by atoms with Crippen LogP contribution in [0.25, 0.3) is 32.9 Å². The second kappa shape index (κ2) is 6.87. The zero-order valence-corrected chi connectivity index (χ0v) is 20.8. The van der Waals surface area contributed by atoms with Gasteiger partial charge in [0.15, 0.2) is 24.0 Å². The summed E-state index contributed by atoms with van der Waals surface area (Å²) >= 11 is 6.57. The average molecular weight is 516 g/mol. The van der Waals surface area contributed by atoms with E-state index in [2.05, 4.69) is 14.8 Å². The smallest absolute Gasteiger partial charge is 0.228 e. The summed E-state index contributed by atoms with van der Waals surface area (Å²) in [5.74, 6) is 0.856. The average Bonchev–Trinajstić information content (AvgIpc) is 3.28. The molecule has 0 amide bonds. The van der Waals surface area contributed by atoms with Gasteiger partial charge in [-0.25, -0.2) is 9.37 Å². The number of hydrogen-bond acceptors (Lipinski definition) is 6. The lowest BCUT2D eigenvalue weighted by Crippen LogP contribution is -2.76. The predicted octanol–water partition coefficient (Wildman–Crippen LogP) is 3.75. The Labute approximate surface area is 217 Å². The van der Waals surface area contributed by atoms with Gasteiger partial charge in [0.1, 0.15) is 29.1 Å². The third-order valence-electron chi connectivity index (χ3n) is 9.90. The zero-order valence-electron chi connectivity index (χ0n) is 20.1. The minimum absolute atomic E-state index is 0.231. The molecular weight excluding hydrogens is 491 g/mol. The van der Waals surface area contributed by atoms with E-state index in [1.54, 1.807) is 6.20 Å². The van der Waals surface area contributed by atoms with Gasteiger partial charge in [-0.05, 0) is 17.9 Å². The lowest BCUT2D eigenvalue weighted by atomic mass is 9.91. The fourth-order valence-corrected chi connectivity index (χ4v) is 8.34. The number of benzene rings is 2. The number of piperazine rings is 1. The van der Waals surface area contributed by atoms with Crippen LogP contribution < -0.4 is 9.80 Å². The summed E-state index contributed by atoms with van der Waals surface area (Å²) < 4.78 is 17.5. The van der Waals surface area contributed by atoms with Crippen LogP contribution in [0.4, 0.5) is 16.2 Å². The molecule has 37 heavy (non-hydrogen) atoms. The molecule has 9 heteroatoms. The Bertz CT molecular complexity index is 1660. The molecular formula is C28H25ClFN6O+. The predicted molar refractivity (Wildman–Crippen MR) is 140 cm³/mol. The van der Waals surface area contributed by atoms with E-state index in [0.29, 0.717) is 45.6 Å². The van der Waals surface area contributed by atoms with Crippen LogP contribution in [0.1, 0.15) is 12.8 Å². The van der Waals surface area contributed by atoms with Crippen LogP contribution in [0.15, 0.2) is 42.6 Å². The summed E-state index contributed by atoms with van der Waals surface area (Å²) in [6.07, 6.45) is 3.73. The normalized spacial score (nSPS) is 32.9. The van der Waals surface area contributed by atoms with E-state index in [0.717, 1.165) is 60.1 Å². The van der Waals surface area contributed by atoms with E-state index in [-0.39, 0.29) is 17.8 Å². The second-order valence-electron chi connectivity index (χ2n) is 11.3.